The number of alkyl halides is 1. The van der Waals surface area contributed by atoms with Crippen LogP contribution in [-0.4, -0.2) is 25.8 Å². The molecule has 3 N–H and O–H groups in total. The van der Waals surface area contributed by atoms with E-state index < -0.39 is 22.2 Å². The van der Waals surface area contributed by atoms with Crippen LogP contribution in [-0.2, 0) is 15.9 Å². The van der Waals surface area contributed by atoms with Crippen molar-refractivity contribution in [3.05, 3.63) is 0 Å². The summed E-state index contributed by atoms with van der Waals surface area (Å²) in [6, 6.07) is 0. The van der Waals surface area contributed by atoms with Gasteiger partial charge in [0.1, 0.15) is 5.25 Å². The lowest BCUT2D eigenvalue weighted by Crippen LogP contribution is -2.32. The average molecular weight is 186 g/mol. The molecular formula is C4H8ClNO3S. The Morgan fingerprint density at radius 1 is 1.80 bits per heavy atom. The number of carbonyl (C=O) groups excluding carboxylic acids is 1. The zero-order valence-electron chi connectivity index (χ0n) is 5.12. The second-order valence-corrected chi connectivity index (χ2v) is 3.14. The van der Waals surface area contributed by atoms with Crippen LogP contribution in [0.3, 0.4) is 0 Å². The molecule has 1 amide bonds. The van der Waals surface area contributed by atoms with Gasteiger partial charge in [0.15, 0.2) is 11.1 Å². The second-order valence-electron chi connectivity index (χ2n) is 1.64. The Balaban J connectivity index is 3.98. The predicted molar refractivity (Wildman–Crippen MR) is 39.1 cm³/mol. The molecule has 2 atom stereocenters. The monoisotopic (exact) mass is 185 g/mol. The molecule has 10 heavy (non-hydrogen) atoms. The molecule has 0 aliphatic carbocycles. The standard InChI is InChI=1S/C4H8ClNO3S/c5-2-1-3(4(6)7)10(8)9/h3H,1-2H2,(H2,6,7)(H,8,9). The third-order valence-corrected chi connectivity index (χ3v) is 2.11. The average Bonchev–Trinajstić information content (AvgIpc) is 1.81. The van der Waals surface area contributed by atoms with Crippen molar-refractivity contribution < 1.29 is 13.6 Å². The molecule has 6 heteroatoms. The molecule has 4 nitrogen and oxygen atoms in total. The van der Waals surface area contributed by atoms with E-state index in [1.165, 1.54) is 0 Å². The van der Waals surface area contributed by atoms with Crippen LogP contribution < -0.4 is 5.73 Å². The molecule has 0 aromatic rings. The topological polar surface area (TPSA) is 80.4 Å². The zero-order chi connectivity index (χ0) is 8.15. The first-order chi connectivity index (χ1) is 4.59. The van der Waals surface area contributed by atoms with Gasteiger partial charge in [0.2, 0.25) is 5.91 Å². The molecule has 0 aliphatic rings. The lowest BCUT2D eigenvalue weighted by Gasteiger charge is -2.04. The van der Waals surface area contributed by atoms with E-state index >= 15 is 0 Å². The first-order valence-corrected chi connectivity index (χ1v) is 4.25. The van der Waals surface area contributed by atoms with E-state index in [9.17, 15) is 9.00 Å². The zero-order valence-corrected chi connectivity index (χ0v) is 6.69. The highest BCUT2D eigenvalue weighted by molar-refractivity contribution is 7.80. The molecule has 0 aromatic heterocycles. The minimum Gasteiger partial charge on any atom is -0.369 e. The van der Waals surface area contributed by atoms with Crippen LogP contribution >= 0.6 is 11.6 Å². The maximum absolute atomic E-state index is 10.3. The molecule has 0 rings (SSSR count). The molecule has 0 aliphatic heterocycles. The Morgan fingerprint density at radius 2 is 2.30 bits per heavy atom. The maximum Gasteiger partial charge on any atom is 0.235 e. The number of rotatable bonds is 4. The summed E-state index contributed by atoms with van der Waals surface area (Å²) >= 11 is 3.04. The van der Waals surface area contributed by atoms with Gasteiger partial charge >= 0.3 is 0 Å². The summed E-state index contributed by atoms with van der Waals surface area (Å²) in [7, 11) is 0. The minimum absolute atomic E-state index is 0.139. The van der Waals surface area contributed by atoms with Crippen LogP contribution in [0.15, 0.2) is 0 Å². The van der Waals surface area contributed by atoms with Gasteiger partial charge in [-0.15, -0.1) is 11.6 Å². The fourth-order valence-corrected chi connectivity index (χ4v) is 1.31. The molecule has 0 saturated carbocycles. The Labute approximate surface area is 66.0 Å². The quantitative estimate of drug-likeness (QED) is 0.466. The largest absolute Gasteiger partial charge is 0.369 e. The molecular weight excluding hydrogens is 178 g/mol. The second kappa shape index (κ2) is 4.65. The van der Waals surface area contributed by atoms with Crippen LogP contribution in [0.25, 0.3) is 0 Å². The van der Waals surface area contributed by atoms with Gasteiger partial charge in [0.05, 0.1) is 0 Å². The normalized spacial score (nSPS) is 16.2. The van der Waals surface area contributed by atoms with Gasteiger partial charge in [-0.25, -0.2) is 4.21 Å². The summed E-state index contributed by atoms with van der Waals surface area (Å²) in [5.74, 6) is -0.638. The number of carbonyl (C=O) groups is 1. The Hall–Kier alpha value is -0.130. The molecule has 0 saturated heterocycles. The van der Waals surface area contributed by atoms with Crippen LogP contribution in [0.4, 0.5) is 0 Å². The van der Waals surface area contributed by atoms with Gasteiger partial charge in [-0.3, -0.25) is 4.79 Å². The number of amides is 1. The van der Waals surface area contributed by atoms with Crippen molar-refractivity contribution in [3.8, 4) is 0 Å². The predicted octanol–water partition coefficient (Wildman–Crippen LogP) is -0.309. The lowest BCUT2D eigenvalue weighted by atomic mass is 10.3. The molecule has 0 fully saturated rings. The summed E-state index contributed by atoms with van der Waals surface area (Å²) in [5.41, 5.74) is 4.77. The number of primary amides is 1. The highest BCUT2D eigenvalue weighted by atomic mass is 35.5. The van der Waals surface area contributed by atoms with Gasteiger partial charge in [-0.1, -0.05) is 0 Å². The number of nitrogens with two attached hydrogens (primary N) is 1. The maximum atomic E-state index is 10.3. The van der Waals surface area contributed by atoms with Crippen molar-refractivity contribution in [1.82, 2.24) is 0 Å². The lowest BCUT2D eigenvalue weighted by molar-refractivity contribution is -0.117. The van der Waals surface area contributed by atoms with E-state index in [1.807, 2.05) is 0 Å². The number of halogens is 1. The van der Waals surface area contributed by atoms with E-state index in [-0.39, 0.29) is 12.3 Å². The summed E-state index contributed by atoms with van der Waals surface area (Å²) in [4.78, 5) is 10.3. The van der Waals surface area contributed by atoms with E-state index in [2.05, 4.69) is 0 Å². The molecule has 0 heterocycles. The fraction of sp³-hybridized carbons (Fsp3) is 0.750. The SMILES string of the molecule is NC(=O)C(CCCl)S(=O)O. The van der Waals surface area contributed by atoms with Crippen molar-refractivity contribution in [1.29, 1.82) is 0 Å². The van der Waals surface area contributed by atoms with Gasteiger partial charge in [-0.05, 0) is 6.42 Å². The van der Waals surface area contributed by atoms with E-state index in [0.717, 1.165) is 0 Å². The molecule has 0 spiro atoms. The Kier molecular flexibility index (Phi) is 4.59. The van der Waals surface area contributed by atoms with E-state index in [0.29, 0.717) is 0 Å². The van der Waals surface area contributed by atoms with Crippen molar-refractivity contribution >= 4 is 28.6 Å². The third-order valence-electron chi connectivity index (χ3n) is 0.932. The number of hydrogen-bond acceptors (Lipinski definition) is 2. The first kappa shape index (κ1) is 9.87. The highest BCUT2D eigenvalue weighted by Gasteiger charge is 2.20. The van der Waals surface area contributed by atoms with Gasteiger partial charge in [0, 0.05) is 5.88 Å². The Bertz CT molecular complexity index is 137. The minimum atomic E-state index is -2.19. The first-order valence-electron chi connectivity index (χ1n) is 2.54. The number of hydrogen-bond donors (Lipinski definition) is 2. The summed E-state index contributed by atoms with van der Waals surface area (Å²) in [6.07, 6.45) is 0.139. The van der Waals surface area contributed by atoms with Gasteiger partial charge in [-0.2, -0.15) is 0 Å². The Morgan fingerprint density at radius 3 is 2.40 bits per heavy atom. The van der Waals surface area contributed by atoms with Crippen molar-refractivity contribution in [2.24, 2.45) is 5.73 Å². The van der Waals surface area contributed by atoms with Crippen LogP contribution in [0.5, 0.6) is 0 Å². The molecule has 0 bridgehead atoms. The van der Waals surface area contributed by atoms with Crippen molar-refractivity contribution in [2.45, 2.75) is 11.7 Å². The highest BCUT2D eigenvalue weighted by Crippen LogP contribution is 2.00. The summed E-state index contributed by atoms with van der Waals surface area (Å²) in [5, 5.41) is -1.03. The molecule has 2 unspecified atom stereocenters. The smallest absolute Gasteiger partial charge is 0.235 e. The van der Waals surface area contributed by atoms with Crippen molar-refractivity contribution in [2.75, 3.05) is 5.88 Å². The van der Waals surface area contributed by atoms with Gasteiger partial charge < -0.3 is 10.3 Å². The van der Waals surface area contributed by atoms with Crippen LogP contribution in [0.1, 0.15) is 6.42 Å². The van der Waals surface area contributed by atoms with Gasteiger partial charge in [0.25, 0.3) is 0 Å². The third kappa shape index (κ3) is 3.14. The van der Waals surface area contributed by atoms with E-state index in [1.54, 1.807) is 0 Å². The fourth-order valence-electron chi connectivity index (χ4n) is 0.442. The van der Waals surface area contributed by atoms with Crippen LogP contribution in [0.2, 0.25) is 0 Å². The molecule has 60 valence electrons. The molecule has 0 aromatic carbocycles. The van der Waals surface area contributed by atoms with Crippen molar-refractivity contribution in [3.63, 3.8) is 0 Å². The molecule has 0 radical (unpaired) electrons. The van der Waals surface area contributed by atoms with Crippen LogP contribution in [0, 0.1) is 0 Å². The summed E-state index contributed by atoms with van der Waals surface area (Å²) in [6.45, 7) is 0. The van der Waals surface area contributed by atoms with E-state index in [4.69, 9.17) is 21.9 Å². The summed E-state index contributed by atoms with van der Waals surface area (Å²) < 4.78 is 18.7.